The highest BCUT2D eigenvalue weighted by molar-refractivity contribution is 5.78. The van der Waals surface area contributed by atoms with E-state index < -0.39 is 0 Å². The van der Waals surface area contributed by atoms with Gasteiger partial charge in [-0.15, -0.1) is 0 Å². The van der Waals surface area contributed by atoms with Crippen LogP contribution in [-0.2, 0) is 17.8 Å². The van der Waals surface area contributed by atoms with Crippen LogP contribution in [0.1, 0.15) is 32.0 Å². The van der Waals surface area contributed by atoms with Gasteiger partial charge in [0.1, 0.15) is 12.4 Å². The molecule has 1 aromatic heterocycles. The summed E-state index contributed by atoms with van der Waals surface area (Å²) in [4.78, 5) is 21.8. The van der Waals surface area contributed by atoms with Crippen LogP contribution in [0.4, 0.5) is 0 Å². The van der Waals surface area contributed by atoms with Crippen molar-refractivity contribution in [2.45, 2.75) is 39.3 Å². The van der Waals surface area contributed by atoms with Gasteiger partial charge in [0, 0.05) is 62.3 Å². The van der Waals surface area contributed by atoms with E-state index in [1.54, 1.807) is 0 Å². The summed E-state index contributed by atoms with van der Waals surface area (Å²) in [6.07, 6.45) is 2.10. The highest BCUT2D eigenvalue weighted by Gasteiger charge is 2.25. The minimum atomic E-state index is -0.0308. The Balaban J connectivity index is 1.19. The van der Waals surface area contributed by atoms with Crippen molar-refractivity contribution in [3.63, 3.8) is 0 Å². The highest BCUT2D eigenvalue weighted by Crippen LogP contribution is 2.22. The van der Waals surface area contributed by atoms with Gasteiger partial charge in [-0.25, -0.2) is 0 Å². The molecular formula is C30H38N4O2. The second-order valence-electron chi connectivity index (χ2n) is 10.3. The van der Waals surface area contributed by atoms with Crippen LogP contribution in [0.15, 0.2) is 72.9 Å². The number of piperazine rings is 1. The smallest absolute Gasteiger partial charge is 0.226 e. The van der Waals surface area contributed by atoms with Gasteiger partial charge >= 0.3 is 0 Å². The Kier molecular flexibility index (Phi) is 8.73. The lowest BCUT2D eigenvalue weighted by atomic mass is 10.1. The SMILES string of the molecule is CC(C)(C)N1CCN(CCOc2ccc(-c3ccc(CC(=O)NCc4ccccc4)nc3)cc2)CC1. The minimum absolute atomic E-state index is 0.0308. The lowest BCUT2D eigenvalue weighted by molar-refractivity contribution is -0.120. The zero-order valence-electron chi connectivity index (χ0n) is 21.7. The van der Waals surface area contributed by atoms with E-state index in [-0.39, 0.29) is 17.9 Å². The number of hydrogen-bond donors (Lipinski definition) is 1. The Labute approximate surface area is 215 Å². The molecule has 1 aliphatic rings. The van der Waals surface area contributed by atoms with Crippen molar-refractivity contribution in [3.05, 3.63) is 84.2 Å². The van der Waals surface area contributed by atoms with Crippen LogP contribution in [0.2, 0.25) is 0 Å². The van der Waals surface area contributed by atoms with Gasteiger partial charge in [0.25, 0.3) is 0 Å². The van der Waals surface area contributed by atoms with Crippen molar-refractivity contribution in [2.24, 2.45) is 0 Å². The van der Waals surface area contributed by atoms with Crippen LogP contribution in [0, 0.1) is 0 Å². The van der Waals surface area contributed by atoms with Crippen LogP contribution in [0.5, 0.6) is 5.75 Å². The number of nitrogens with zero attached hydrogens (tertiary/aromatic N) is 3. The van der Waals surface area contributed by atoms with Crippen molar-refractivity contribution in [1.82, 2.24) is 20.1 Å². The number of rotatable bonds is 9. The van der Waals surface area contributed by atoms with Crippen molar-refractivity contribution in [3.8, 4) is 16.9 Å². The van der Waals surface area contributed by atoms with Crippen LogP contribution in [0.3, 0.4) is 0 Å². The predicted molar refractivity (Wildman–Crippen MR) is 145 cm³/mol. The molecule has 1 N–H and O–H groups in total. The fourth-order valence-electron chi connectivity index (χ4n) is 4.40. The average Bonchev–Trinajstić information content (AvgIpc) is 2.89. The zero-order chi connectivity index (χ0) is 25.4. The van der Waals surface area contributed by atoms with Crippen LogP contribution in [0.25, 0.3) is 11.1 Å². The molecule has 0 atom stereocenters. The van der Waals surface area contributed by atoms with Crippen molar-refractivity contribution in [2.75, 3.05) is 39.3 Å². The van der Waals surface area contributed by atoms with E-state index >= 15 is 0 Å². The first kappa shape index (κ1) is 25.9. The average molecular weight is 487 g/mol. The maximum absolute atomic E-state index is 12.2. The maximum atomic E-state index is 12.2. The Morgan fingerprint density at radius 3 is 2.25 bits per heavy atom. The van der Waals surface area contributed by atoms with Gasteiger partial charge in [0.15, 0.2) is 0 Å². The van der Waals surface area contributed by atoms with Gasteiger partial charge in [0.2, 0.25) is 5.91 Å². The number of nitrogens with one attached hydrogen (secondary N) is 1. The lowest BCUT2D eigenvalue weighted by Gasteiger charge is -2.42. The fourth-order valence-corrected chi connectivity index (χ4v) is 4.40. The lowest BCUT2D eigenvalue weighted by Crippen LogP contribution is -2.53. The molecule has 0 unspecified atom stereocenters. The van der Waals surface area contributed by atoms with Gasteiger partial charge in [-0.3, -0.25) is 19.6 Å². The molecule has 1 aliphatic heterocycles. The fraction of sp³-hybridized carbons (Fsp3) is 0.400. The number of ether oxygens (including phenoxy) is 1. The molecule has 0 bridgehead atoms. The van der Waals surface area contributed by atoms with E-state index in [1.165, 1.54) is 0 Å². The number of aromatic nitrogens is 1. The third-order valence-corrected chi connectivity index (χ3v) is 6.68. The summed E-state index contributed by atoms with van der Waals surface area (Å²) in [5, 5.41) is 2.95. The molecular weight excluding hydrogens is 448 g/mol. The Hall–Kier alpha value is -3.22. The van der Waals surface area contributed by atoms with Gasteiger partial charge in [-0.1, -0.05) is 48.5 Å². The first-order valence-corrected chi connectivity index (χ1v) is 12.8. The third kappa shape index (κ3) is 7.64. The molecule has 4 rings (SSSR count). The van der Waals surface area contributed by atoms with Crippen molar-refractivity contribution >= 4 is 5.91 Å². The number of pyridine rings is 1. The maximum Gasteiger partial charge on any atom is 0.226 e. The molecule has 1 fully saturated rings. The number of benzene rings is 2. The van der Waals surface area contributed by atoms with E-state index in [4.69, 9.17) is 4.74 Å². The van der Waals surface area contributed by atoms with Crippen molar-refractivity contribution < 1.29 is 9.53 Å². The standard InChI is InChI=1S/C30H38N4O2/c1-30(2,3)34-17-15-33(16-18-34)19-20-36-28-13-10-25(11-14-28)26-9-12-27(31-23-26)21-29(35)32-22-24-7-5-4-6-8-24/h4-14,23H,15-22H2,1-3H3,(H,32,35). The van der Waals surface area contributed by atoms with Gasteiger partial charge < -0.3 is 10.1 Å². The summed E-state index contributed by atoms with van der Waals surface area (Å²) in [6, 6.07) is 22.0. The molecule has 3 aromatic rings. The molecule has 1 amide bonds. The monoisotopic (exact) mass is 486 g/mol. The molecule has 0 radical (unpaired) electrons. The summed E-state index contributed by atoms with van der Waals surface area (Å²) in [5.74, 6) is 0.850. The van der Waals surface area contributed by atoms with E-state index in [0.717, 1.165) is 60.9 Å². The number of amides is 1. The molecule has 6 heteroatoms. The molecule has 36 heavy (non-hydrogen) atoms. The quantitative estimate of drug-likeness (QED) is 0.486. The van der Waals surface area contributed by atoms with Crippen LogP contribution < -0.4 is 10.1 Å². The van der Waals surface area contributed by atoms with E-state index in [2.05, 4.69) is 53.0 Å². The first-order chi connectivity index (χ1) is 17.4. The van der Waals surface area contributed by atoms with E-state index in [1.807, 2.05) is 60.8 Å². The largest absolute Gasteiger partial charge is 0.492 e. The first-order valence-electron chi connectivity index (χ1n) is 12.8. The Morgan fingerprint density at radius 1 is 0.917 bits per heavy atom. The minimum Gasteiger partial charge on any atom is -0.492 e. The van der Waals surface area contributed by atoms with Crippen LogP contribution in [-0.4, -0.2) is 65.6 Å². The molecule has 0 saturated carbocycles. The third-order valence-electron chi connectivity index (χ3n) is 6.68. The molecule has 190 valence electrons. The van der Waals surface area contributed by atoms with Gasteiger partial charge in [-0.05, 0) is 50.1 Å². The summed E-state index contributed by atoms with van der Waals surface area (Å²) in [7, 11) is 0. The molecule has 1 saturated heterocycles. The van der Waals surface area contributed by atoms with E-state index in [9.17, 15) is 4.79 Å². The zero-order valence-corrected chi connectivity index (χ0v) is 21.7. The number of carbonyl (C=O) groups is 1. The second kappa shape index (κ2) is 12.2. The number of carbonyl (C=O) groups excluding carboxylic acids is 1. The summed E-state index contributed by atoms with van der Waals surface area (Å²) < 4.78 is 6.00. The Morgan fingerprint density at radius 2 is 1.61 bits per heavy atom. The molecule has 6 nitrogen and oxygen atoms in total. The Bertz CT molecular complexity index is 1080. The van der Waals surface area contributed by atoms with E-state index in [0.29, 0.717) is 13.2 Å². The van der Waals surface area contributed by atoms with Gasteiger partial charge in [0.05, 0.1) is 6.42 Å². The summed E-state index contributed by atoms with van der Waals surface area (Å²) in [5.41, 5.74) is 4.19. The summed E-state index contributed by atoms with van der Waals surface area (Å²) in [6.45, 7) is 13.4. The molecule has 2 heterocycles. The van der Waals surface area contributed by atoms with Gasteiger partial charge in [-0.2, -0.15) is 0 Å². The predicted octanol–water partition coefficient (Wildman–Crippen LogP) is 4.40. The molecule has 2 aromatic carbocycles. The topological polar surface area (TPSA) is 57.7 Å². The summed E-state index contributed by atoms with van der Waals surface area (Å²) >= 11 is 0. The highest BCUT2D eigenvalue weighted by atomic mass is 16.5. The molecule has 0 aliphatic carbocycles. The molecule has 0 spiro atoms. The van der Waals surface area contributed by atoms with Crippen molar-refractivity contribution in [1.29, 1.82) is 0 Å². The normalized spacial score (nSPS) is 15.0. The number of hydrogen-bond acceptors (Lipinski definition) is 5. The van der Waals surface area contributed by atoms with Crippen LogP contribution >= 0.6 is 0 Å². The second-order valence-corrected chi connectivity index (χ2v) is 10.3.